The van der Waals surface area contributed by atoms with Crippen LogP contribution in [0.15, 0.2) is 41.5 Å². The minimum absolute atomic E-state index is 0.0503. The Bertz CT molecular complexity index is 966. The average Bonchev–Trinajstić information content (AvgIpc) is 3.04. The Balaban J connectivity index is 2.36. The minimum atomic E-state index is -4.04. The van der Waals surface area contributed by atoms with Gasteiger partial charge in [-0.1, -0.05) is 45.0 Å². The van der Waals surface area contributed by atoms with E-state index in [4.69, 9.17) is 22.8 Å². The predicted octanol–water partition coefficient (Wildman–Crippen LogP) is 4.52. The molecule has 0 aliphatic carbocycles. The Morgan fingerprint density at radius 2 is 1.69 bits per heavy atom. The first kappa shape index (κ1) is 30.0. The summed E-state index contributed by atoms with van der Waals surface area (Å²) in [5.74, 6) is -0.565. The Kier molecular flexibility index (Phi) is 9.41. The maximum absolute atomic E-state index is 12.9. The van der Waals surface area contributed by atoms with Gasteiger partial charge in [-0.2, -0.15) is 8.42 Å². The van der Waals surface area contributed by atoms with Gasteiger partial charge in [0.2, 0.25) is 0 Å². The van der Waals surface area contributed by atoms with E-state index in [0.717, 1.165) is 5.56 Å². The third kappa shape index (κ3) is 8.11. The molecule has 35 heavy (non-hydrogen) atoms. The van der Waals surface area contributed by atoms with Crippen LogP contribution < -0.4 is 0 Å². The molecule has 0 saturated carbocycles. The highest BCUT2D eigenvalue weighted by molar-refractivity contribution is 7.86. The van der Waals surface area contributed by atoms with Crippen LogP contribution in [-0.4, -0.2) is 65.3 Å². The number of benzene rings is 1. The van der Waals surface area contributed by atoms with Crippen molar-refractivity contribution in [3.8, 4) is 0 Å². The molecule has 0 aromatic heterocycles. The van der Waals surface area contributed by atoms with Gasteiger partial charge >= 0.3 is 0 Å². The zero-order valence-corrected chi connectivity index (χ0v) is 24.3. The van der Waals surface area contributed by atoms with E-state index in [9.17, 15) is 13.5 Å². The van der Waals surface area contributed by atoms with Gasteiger partial charge < -0.3 is 23.7 Å². The van der Waals surface area contributed by atoms with Gasteiger partial charge in [0.05, 0.1) is 23.4 Å². The first-order chi connectivity index (χ1) is 15.8. The molecular formula is C25H42O8SSi. The number of aryl methyl sites for hydroxylation is 1. The Hall–Kier alpha value is -1.27. The second-order valence-electron chi connectivity index (χ2n) is 11.1. The van der Waals surface area contributed by atoms with Crippen molar-refractivity contribution < 1.29 is 36.3 Å². The van der Waals surface area contributed by atoms with Gasteiger partial charge in [-0.25, -0.2) is 0 Å². The summed E-state index contributed by atoms with van der Waals surface area (Å²) >= 11 is 0. The van der Waals surface area contributed by atoms with Crippen LogP contribution in [0.3, 0.4) is 0 Å². The van der Waals surface area contributed by atoms with E-state index < -0.39 is 48.6 Å². The van der Waals surface area contributed by atoms with E-state index in [1.165, 1.54) is 12.1 Å². The van der Waals surface area contributed by atoms with Crippen LogP contribution in [0.4, 0.5) is 0 Å². The van der Waals surface area contributed by atoms with Gasteiger partial charge in [0.15, 0.2) is 14.1 Å². The lowest BCUT2D eigenvalue weighted by Gasteiger charge is -2.41. The van der Waals surface area contributed by atoms with Gasteiger partial charge in [0, 0.05) is 0 Å². The SMILES string of the molecule is C=C(C)OCC(O)[C@H]1OC(C)(C)O[C@H]1[C@@H](COS(=O)(=O)c1ccc(C)cc1)O[Si](C)(C)C(C)(C)C. The van der Waals surface area contributed by atoms with Crippen molar-refractivity contribution >= 4 is 18.4 Å². The first-order valence-electron chi connectivity index (χ1n) is 11.8. The molecular weight excluding hydrogens is 488 g/mol. The molecule has 1 aliphatic heterocycles. The number of hydrogen-bond donors (Lipinski definition) is 1. The van der Waals surface area contributed by atoms with Crippen molar-refractivity contribution in [3.63, 3.8) is 0 Å². The molecule has 1 aromatic carbocycles. The predicted molar refractivity (Wildman–Crippen MR) is 137 cm³/mol. The second-order valence-corrected chi connectivity index (χ2v) is 17.5. The Morgan fingerprint density at radius 3 is 2.20 bits per heavy atom. The third-order valence-corrected chi connectivity index (χ3v) is 12.2. The number of hydrogen-bond acceptors (Lipinski definition) is 8. The molecule has 0 spiro atoms. The lowest BCUT2D eigenvalue weighted by atomic mass is 10.0. The fraction of sp³-hybridized carbons (Fsp3) is 0.680. The van der Waals surface area contributed by atoms with Crippen LogP contribution in [0.5, 0.6) is 0 Å². The van der Waals surface area contributed by atoms with Gasteiger partial charge in [0.25, 0.3) is 10.1 Å². The summed E-state index contributed by atoms with van der Waals surface area (Å²) in [7, 11) is -6.44. The van der Waals surface area contributed by atoms with Crippen molar-refractivity contribution in [2.24, 2.45) is 0 Å². The van der Waals surface area contributed by atoms with Crippen LogP contribution in [0.2, 0.25) is 18.1 Å². The molecule has 1 aromatic rings. The van der Waals surface area contributed by atoms with Gasteiger partial charge in [-0.05, 0) is 58.0 Å². The largest absolute Gasteiger partial charge is 0.496 e. The Labute approximate surface area is 211 Å². The topological polar surface area (TPSA) is 101 Å². The van der Waals surface area contributed by atoms with Crippen molar-refractivity contribution in [1.29, 1.82) is 0 Å². The molecule has 1 fully saturated rings. The summed E-state index contributed by atoms with van der Waals surface area (Å²) in [4.78, 5) is 0.0598. The molecule has 4 atom stereocenters. The van der Waals surface area contributed by atoms with Crippen LogP contribution >= 0.6 is 0 Å². The maximum atomic E-state index is 12.9. The number of rotatable bonds is 11. The number of aliphatic hydroxyl groups is 1. The summed E-state index contributed by atoms with van der Waals surface area (Å²) in [6, 6.07) is 6.44. The first-order valence-corrected chi connectivity index (χ1v) is 16.1. The quantitative estimate of drug-likeness (QED) is 0.253. The number of aliphatic hydroxyl groups excluding tert-OH is 1. The highest BCUT2D eigenvalue weighted by Crippen LogP contribution is 2.40. The van der Waals surface area contributed by atoms with E-state index in [2.05, 4.69) is 40.4 Å². The molecule has 0 amide bonds. The molecule has 1 N–H and O–H groups in total. The molecule has 1 unspecified atom stereocenters. The fourth-order valence-electron chi connectivity index (χ4n) is 3.41. The van der Waals surface area contributed by atoms with Gasteiger partial charge in [-0.15, -0.1) is 0 Å². The van der Waals surface area contributed by atoms with Crippen molar-refractivity contribution in [2.45, 2.75) is 102 Å². The lowest BCUT2D eigenvalue weighted by molar-refractivity contribution is -0.162. The van der Waals surface area contributed by atoms with Crippen molar-refractivity contribution in [2.75, 3.05) is 13.2 Å². The average molecular weight is 531 g/mol. The molecule has 2 rings (SSSR count). The molecule has 1 saturated heterocycles. The summed E-state index contributed by atoms with van der Waals surface area (Å²) in [6.45, 7) is 20.8. The van der Waals surface area contributed by atoms with Crippen LogP contribution in [0.1, 0.15) is 47.1 Å². The molecule has 10 heteroatoms. The lowest BCUT2D eigenvalue weighted by Crippen LogP contribution is -2.53. The highest BCUT2D eigenvalue weighted by Gasteiger charge is 2.51. The molecule has 0 radical (unpaired) electrons. The smallest absolute Gasteiger partial charge is 0.297 e. The zero-order valence-electron chi connectivity index (χ0n) is 22.5. The number of ether oxygens (including phenoxy) is 3. The van der Waals surface area contributed by atoms with Crippen LogP contribution in [0, 0.1) is 6.92 Å². The normalized spacial score (nSPS) is 22.6. The molecule has 200 valence electrons. The molecule has 0 bridgehead atoms. The summed E-state index contributed by atoms with van der Waals surface area (Å²) in [6.07, 6.45) is -3.50. The summed E-state index contributed by atoms with van der Waals surface area (Å²) in [5.41, 5.74) is 0.940. The van der Waals surface area contributed by atoms with Crippen LogP contribution in [-0.2, 0) is 32.9 Å². The van der Waals surface area contributed by atoms with Crippen LogP contribution in [0.25, 0.3) is 0 Å². The zero-order chi connectivity index (χ0) is 26.8. The summed E-state index contributed by atoms with van der Waals surface area (Å²) in [5, 5.41) is 10.7. The minimum Gasteiger partial charge on any atom is -0.496 e. The molecule has 1 heterocycles. The standard InChI is InChI=1S/C25H42O8SSi/c1-17(2)29-15-20(26)22-23(32-25(7,8)31-22)21(33-35(9,10)24(4,5)6)16-30-34(27,28)19-13-11-18(3)12-14-19/h11-14,20-23,26H,1,15-16H2,2-10H3/t20?,21-,22-,23+/m1/s1. The maximum Gasteiger partial charge on any atom is 0.297 e. The van der Waals surface area contributed by atoms with Crippen molar-refractivity contribution in [1.82, 2.24) is 0 Å². The fourth-order valence-corrected chi connectivity index (χ4v) is 5.64. The van der Waals surface area contributed by atoms with Crippen molar-refractivity contribution in [3.05, 3.63) is 42.2 Å². The third-order valence-electron chi connectivity index (χ3n) is 6.36. The van der Waals surface area contributed by atoms with Gasteiger partial charge in [0.1, 0.15) is 24.9 Å². The molecule has 1 aliphatic rings. The monoisotopic (exact) mass is 530 g/mol. The van der Waals surface area contributed by atoms with E-state index in [1.807, 2.05) is 6.92 Å². The van der Waals surface area contributed by atoms with E-state index in [0.29, 0.717) is 5.76 Å². The molecule has 8 nitrogen and oxygen atoms in total. The summed E-state index contributed by atoms with van der Waals surface area (Å²) < 4.78 is 55.5. The van der Waals surface area contributed by atoms with E-state index in [1.54, 1.807) is 32.9 Å². The van der Waals surface area contributed by atoms with E-state index in [-0.39, 0.29) is 23.1 Å². The van der Waals surface area contributed by atoms with E-state index >= 15 is 0 Å². The van der Waals surface area contributed by atoms with Gasteiger partial charge in [-0.3, -0.25) is 4.18 Å². The Morgan fingerprint density at radius 1 is 1.14 bits per heavy atom. The second kappa shape index (κ2) is 11.0. The number of allylic oxidation sites excluding steroid dienone is 1. The highest BCUT2D eigenvalue weighted by atomic mass is 32.2.